The number of pyridine rings is 1. The fraction of sp³-hybridized carbons (Fsp3) is 0.0667. The third kappa shape index (κ3) is 2.63. The van der Waals surface area contributed by atoms with Gasteiger partial charge in [0.05, 0.1) is 5.56 Å². The maximum Gasteiger partial charge on any atom is 0.129 e. The Hall–Kier alpha value is -1.60. The molecule has 6 heteroatoms. The number of aryl methyl sites for hydroxylation is 1. The summed E-state index contributed by atoms with van der Waals surface area (Å²) in [6.45, 7) is 0. The predicted molar refractivity (Wildman–Crippen MR) is 94.0 cm³/mol. The van der Waals surface area contributed by atoms with Gasteiger partial charge in [-0.25, -0.2) is 0 Å². The van der Waals surface area contributed by atoms with Crippen molar-refractivity contribution in [1.29, 1.82) is 0 Å². The zero-order valence-electron chi connectivity index (χ0n) is 11.2. The maximum atomic E-state index is 6.21. The van der Waals surface area contributed by atoms with Gasteiger partial charge in [-0.05, 0) is 58.5 Å². The number of halogens is 2. The summed E-state index contributed by atoms with van der Waals surface area (Å²) >= 11 is 8.41. The maximum absolute atomic E-state index is 6.21. The second-order valence-electron chi connectivity index (χ2n) is 4.59. The molecule has 2 heterocycles. The van der Waals surface area contributed by atoms with Crippen LogP contribution in [0.1, 0.15) is 0 Å². The van der Waals surface area contributed by atoms with Crippen LogP contribution < -0.4 is 5.73 Å². The van der Waals surface area contributed by atoms with E-state index in [-0.39, 0.29) is 0 Å². The monoisotopic (exact) mass is 410 g/mol. The lowest BCUT2D eigenvalue weighted by atomic mass is 10.0. The van der Waals surface area contributed by atoms with Crippen molar-refractivity contribution in [1.82, 2.24) is 14.8 Å². The van der Waals surface area contributed by atoms with E-state index in [1.54, 1.807) is 17.1 Å². The van der Waals surface area contributed by atoms with Crippen LogP contribution in [0.3, 0.4) is 0 Å². The van der Waals surface area contributed by atoms with Crippen LogP contribution in [0.15, 0.2) is 42.7 Å². The van der Waals surface area contributed by atoms with Crippen LogP contribution in [0.5, 0.6) is 0 Å². The molecule has 0 atom stereocenters. The number of nitrogens with zero attached hydrogens (tertiary/aromatic N) is 3. The van der Waals surface area contributed by atoms with Gasteiger partial charge in [0.2, 0.25) is 0 Å². The third-order valence-corrected chi connectivity index (χ3v) is 4.42. The van der Waals surface area contributed by atoms with Crippen molar-refractivity contribution in [3.63, 3.8) is 0 Å². The van der Waals surface area contributed by atoms with Gasteiger partial charge in [0.25, 0.3) is 0 Å². The Morgan fingerprint density at radius 3 is 2.62 bits per heavy atom. The first-order chi connectivity index (χ1) is 10.1. The minimum atomic E-state index is 0.618. The van der Waals surface area contributed by atoms with E-state index in [0.717, 1.165) is 26.0 Å². The van der Waals surface area contributed by atoms with E-state index in [1.165, 1.54) is 0 Å². The summed E-state index contributed by atoms with van der Waals surface area (Å²) in [6, 6.07) is 9.60. The molecule has 1 aromatic carbocycles. The summed E-state index contributed by atoms with van der Waals surface area (Å²) in [6.07, 6.45) is 3.49. The minimum Gasteiger partial charge on any atom is -0.383 e. The summed E-state index contributed by atoms with van der Waals surface area (Å²) in [5.41, 5.74) is 9.90. The van der Waals surface area contributed by atoms with Crippen LogP contribution in [-0.2, 0) is 7.05 Å². The molecule has 2 aromatic heterocycles. The normalized spacial score (nSPS) is 10.8. The molecule has 0 spiro atoms. The molecular weight excluding hydrogens is 399 g/mol. The van der Waals surface area contributed by atoms with Crippen LogP contribution in [0, 0.1) is 3.57 Å². The lowest BCUT2D eigenvalue weighted by molar-refractivity contribution is 0.782. The Balaban J connectivity index is 2.29. The fourth-order valence-corrected chi connectivity index (χ4v) is 2.97. The number of benzene rings is 1. The largest absolute Gasteiger partial charge is 0.383 e. The highest BCUT2D eigenvalue weighted by molar-refractivity contribution is 14.1. The molecule has 4 nitrogen and oxygen atoms in total. The van der Waals surface area contributed by atoms with E-state index in [4.69, 9.17) is 17.3 Å². The van der Waals surface area contributed by atoms with Gasteiger partial charge in [-0.1, -0.05) is 11.6 Å². The van der Waals surface area contributed by atoms with Crippen molar-refractivity contribution >= 4 is 40.0 Å². The average Bonchev–Trinajstić information content (AvgIpc) is 2.78. The first-order valence-electron chi connectivity index (χ1n) is 6.26. The molecule has 3 aromatic rings. The molecule has 0 aliphatic carbocycles. The highest BCUT2D eigenvalue weighted by Gasteiger charge is 2.19. The predicted octanol–water partition coefficient (Wildman–Crippen LogP) is 3.99. The number of anilines is 1. The fourth-order valence-electron chi connectivity index (χ4n) is 2.21. The molecule has 0 amide bonds. The Bertz CT molecular complexity index is 799. The van der Waals surface area contributed by atoms with E-state index in [9.17, 15) is 0 Å². The van der Waals surface area contributed by atoms with Gasteiger partial charge >= 0.3 is 0 Å². The highest BCUT2D eigenvalue weighted by Crippen LogP contribution is 2.38. The van der Waals surface area contributed by atoms with E-state index in [1.807, 2.05) is 37.4 Å². The number of aromatic nitrogens is 3. The van der Waals surface area contributed by atoms with Crippen molar-refractivity contribution in [3.8, 4) is 22.4 Å². The van der Waals surface area contributed by atoms with Gasteiger partial charge in [-0.3, -0.25) is 9.67 Å². The topological polar surface area (TPSA) is 56.7 Å². The van der Waals surface area contributed by atoms with Crippen LogP contribution in [0.4, 0.5) is 5.82 Å². The summed E-state index contributed by atoms with van der Waals surface area (Å²) < 4.78 is 2.76. The molecule has 0 aliphatic heterocycles. The summed E-state index contributed by atoms with van der Waals surface area (Å²) in [7, 11) is 1.83. The van der Waals surface area contributed by atoms with Crippen molar-refractivity contribution in [3.05, 3.63) is 51.3 Å². The molecule has 2 N–H and O–H groups in total. The molecule has 0 bridgehead atoms. The Morgan fingerprint density at radius 2 is 1.90 bits per heavy atom. The first kappa shape index (κ1) is 14.3. The Labute approximate surface area is 141 Å². The second-order valence-corrected chi connectivity index (χ2v) is 6.19. The lowest BCUT2D eigenvalue weighted by Crippen LogP contribution is -1.97. The van der Waals surface area contributed by atoms with E-state index in [0.29, 0.717) is 10.8 Å². The molecule has 21 heavy (non-hydrogen) atoms. The summed E-state index contributed by atoms with van der Waals surface area (Å²) in [4.78, 5) is 4.05. The van der Waals surface area contributed by atoms with Gasteiger partial charge in [0.1, 0.15) is 11.5 Å². The quantitative estimate of drug-likeness (QED) is 0.650. The summed E-state index contributed by atoms with van der Waals surface area (Å²) in [5.74, 6) is 0.618. The van der Waals surface area contributed by atoms with Gasteiger partial charge < -0.3 is 5.73 Å². The van der Waals surface area contributed by atoms with Crippen LogP contribution >= 0.6 is 34.2 Å². The minimum absolute atomic E-state index is 0.618. The van der Waals surface area contributed by atoms with Gasteiger partial charge in [-0.2, -0.15) is 5.10 Å². The average molecular weight is 411 g/mol. The van der Waals surface area contributed by atoms with Crippen molar-refractivity contribution in [2.24, 2.45) is 7.05 Å². The molecule has 0 radical (unpaired) electrons. The van der Waals surface area contributed by atoms with Crippen molar-refractivity contribution < 1.29 is 0 Å². The van der Waals surface area contributed by atoms with E-state index < -0.39 is 0 Å². The standard InChI is InChI=1S/C15H12ClIN4/c1-21-15(18)13(9-4-6-19-7-5-9)14(20-21)11-8-10(16)2-3-12(11)17/h2-8H,18H2,1H3. The zero-order valence-corrected chi connectivity index (χ0v) is 14.1. The zero-order chi connectivity index (χ0) is 15.0. The van der Waals surface area contributed by atoms with E-state index >= 15 is 0 Å². The Morgan fingerprint density at radius 1 is 1.19 bits per heavy atom. The molecule has 0 aliphatic rings. The number of nitrogen functional groups attached to an aromatic ring is 1. The SMILES string of the molecule is Cn1nc(-c2cc(Cl)ccc2I)c(-c2ccncc2)c1N. The molecule has 106 valence electrons. The molecule has 0 saturated heterocycles. The lowest BCUT2D eigenvalue weighted by Gasteiger charge is -2.06. The molecule has 0 fully saturated rings. The van der Waals surface area contributed by atoms with Gasteiger partial charge in [0, 0.05) is 33.6 Å². The van der Waals surface area contributed by atoms with Crippen LogP contribution in [-0.4, -0.2) is 14.8 Å². The van der Waals surface area contributed by atoms with Crippen molar-refractivity contribution in [2.75, 3.05) is 5.73 Å². The van der Waals surface area contributed by atoms with Gasteiger partial charge in [-0.15, -0.1) is 0 Å². The molecule has 3 rings (SSSR count). The van der Waals surface area contributed by atoms with E-state index in [2.05, 4.69) is 32.7 Å². The molecule has 0 saturated carbocycles. The Kier molecular flexibility index (Phi) is 3.86. The van der Waals surface area contributed by atoms with Crippen molar-refractivity contribution in [2.45, 2.75) is 0 Å². The van der Waals surface area contributed by atoms with Gasteiger partial charge in [0.15, 0.2) is 0 Å². The number of nitrogens with two attached hydrogens (primary N) is 1. The van der Waals surface area contributed by atoms with Crippen LogP contribution in [0.25, 0.3) is 22.4 Å². The smallest absolute Gasteiger partial charge is 0.129 e. The second kappa shape index (κ2) is 5.65. The number of rotatable bonds is 2. The highest BCUT2D eigenvalue weighted by atomic mass is 127. The number of hydrogen-bond donors (Lipinski definition) is 1. The number of hydrogen-bond acceptors (Lipinski definition) is 3. The molecule has 0 unspecified atom stereocenters. The molecular formula is C15H12ClIN4. The first-order valence-corrected chi connectivity index (χ1v) is 7.72. The summed E-state index contributed by atoms with van der Waals surface area (Å²) in [5, 5.41) is 5.24. The third-order valence-electron chi connectivity index (χ3n) is 3.24. The van der Waals surface area contributed by atoms with Crippen LogP contribution in [0.2, 0.25) is 5.02 Å².